The number of thiazole rings is 1. The van der Waals surface area contributed by atoms with Crippen molar-refractivity contribution in [2.75, 3.05) is 26.2 Å². The van der Waals surface area contributed by atoms with Crippen LogP contribution < -0.4 is 0 Å². The predicted octanol–water partition coefficient (Wildman–Crippen LogP) is 2.61. The number of carbonyl (C=O) groups excluding carboxylic acids is 2. The number of piperidine rings is 1. The molecule has 2 amide bonds. The number of rotatable bonds is 4. The van der Waals surface area contributed by atoms with E-state index >= 15 is 0 Å². The number of amides is 2. The molecule has 2 saturated heterocycles. The molecule has 7 heteroatoms. The molecule has 2 aromatic heterocycles. The van der Waals surface area contributed by atoms with Crippen LogP contribution >= 0.6 is 11.3 Å². The Morgan fingerprint density at radius 1 is 1.11 bits per heavy atom. The summed E-state index contributed by atoms with van der Waals surface area (Å²) in [6.45, 7) is 3.15. The first kappa shape index (κ1) is 18.1. The zero-order valence-electron chi connectivity index (χ0n) is 15.3. The smallest absolute Gasteiger partial charge is 0.228 e. The SMILES string of the molecule is O=C(Cc1csc(-c2cccnc2)n1)N1CCC(C(=O)N2CCCC2)CC1. The standard InChI is InChI=1S/C20H24N4O2S/c25-18(12-17-14-27-19(22-17)16-4-3-7-21-13-16)23-10-5-15(6-11-23)20(26)24-8-1-2-9-24/h3-4,7,13-15H,1-2,5-6,8-12H2. The van der Waals surface area contributed by atoms with Gasteiger partial charge in [-0.05, 0) is 37.8 Å². The van der Waals surface area contributed by atoms with Crippen molar-refractivity contribution in [3.05, 3.63) is 35.6 Å². The molecule has 0 aliphatic carbocycles. The molecule has 27 heavy (non-hydrogen) atoms. The number of aromatic nitrogens is 2. The van der Waals surface area contributed by atoms with E-state index in [1.165, 1.54) is 11.3 Å². The Morgan fingerprint density at radius 3 is 2.59 bits per heavy atom. The first-order chi connectivity index (χ1) is 13.2. The molecule has 2 aliphatic heterocycles. The second-order valence-electron chi connectivity index (χ2n) is 7.25. The van der Waals surface area contributed by atoms with Crippen LogP contribution in [0.5, 0.6) is 0 Å². The highest BCUT2D eigenvalue weighted by Gasteiger charge is 2.31. The number of carbonyl (C=O) groups is 2. The van der Waals surface area contributed by atoms with E-state index in [9.17, 15) is 9.59 Å². The first-order valence-corrected chi connectivity index (χ1v) is 10.5. The van der Waals surface area contributed by atoms with Gasteiger partial charge < -0.3 is 9.80 Å². The quantitative estimate of drug-likeness (QED) is 0.813. The highest BCUT2D eigenvalue weighted by atomic mass is 32.1. The maximum Gasteiger partial charge on any atom is 0.228 e. The molecule has 0 atom stereocenters. The molecule has 2 aromatic rings. The Bertz CT molecular complexity index is 793. The number of hydrogen-bond acceptors (Lipinski definition) is 5. The van der Waals surface area contributed by atoms with Crippen LogP contribution in [0, 0.1) is 5.92 Å². The number of nitrogens with zero attached hydrogens (tertiary/aromatic N) is 4. The van der Waals surface area contributed by atoms with E-state index in [-0.39, 0.29) is 11.8 Å². The summed E-state index contributed by atoms with van der Waals surface area (Å²) in [5.74, 6) is 0.480. The maximum atomic E-state index is 12.6. The van der Waals surface area contributed by atoms with Gasteiger partial charge in [0.25, 0.3) is 0 Å². The van der Waals surface area contributed by atoms with Crippen LogP contribution in [0.2, 0.25) is 0 Å². The summed E-state index contributed by atoms with van der Waals surface area (Å²) >= 11 is 1.54. The fourth-order valence-corrected chi connectivity index (χ4v) is 4.66. The molecular formula is C20H24N4O2S. The van der Waals surface area contributed by atoms with Crippen LogP contribution in [0.4, 0.5) is 0 Å². The summed E-state index contributed by atoms with van der Waals surface area (Å²) in [5, 5.41) is 2.84. The van der Waals surface area contributed by atoms with Crippen molar-refractivity contribution in [3.63, 3.8) is 0 Å². The van der Waals surface area contributed by atoms with Gasteiger partial charge >= 0.3 is 0 Å². The molecular weight excluding hydrogens is 360 g/mol. The molecule has 0 spiro atoms. The van der Waals surface area contributed by atoms with Gasteiger partial charge in [-0.1, -0.05) is 0 Å². The van der Waals surface area contributed by atoms with Crippen LogP contribution in [-0.4, -0.2) is 57.8 Å². The van der Waals surface area contributed by atoms with Crippen LogP contribution in [-0.2, 0) is 16.0 Å². The average Bonchev–Trinajstić information content (AvgIpc) is 3.40. The molecule has 2 aliphatic rings. The molecule has 0 bridgehead atoms. The Balaban J connectivity index is 1.30. The zero-order chi connectivity index (χ0) is 18.6. The van der Waals surface area contributed by atoms with Crippen molar-refractivity contribution in [1.82, 2.24) is 19.8 Å². The Kier molecular flexibility index (Phi) is 5.48. The average molecular weight is 385 g/mol. The first-order valence-electron chi connectivity index (χ1n) is 9.62. The van der Waals surface area contributed by atoms with Gasteiger partial charge in [0.2, 0.25) is 11.8 Å². The lowest BCUT2D eigenvalue weighted by atomic mass is 9.95. The molecule has 0 unspecified atom stereocenters. The largest absolute Gasteiger partial charge is 0.342 e. The fourth-order valence-electron chi connectivity index (χ4n) is 3.85. The van der Waals surface area contributed by atoms with Gasteiger partial charge in [0, 0.05) is 55.4 Å². The lowest BCUT2D eigenvalue weighted by Crippen LogP contribution is -2.44. The highest BCUT2D eigenvalue weighted by molar-refractivity contribution is 7.13. The normalized spacial score (nSPS) is 18.1. The summed E-state index contributed by atoms with van der Waals surface area (Å²) < 4.78 is 0. The van der Waals surface area contributed by atoms with E-state index in [1.807, 2.05) is 27.3 Å². The Morgan fingerprint density at radius 2 is 1.89 bits per heavy atom. The summed E-state index contributed by atoms with van der Waals surface area (Å²) in [6.07, 6.45) is 7.64. The molecule has 0 aromatic carbocycles. The number of hydrogen-bond donors (Lipinski definition) is 0. The van der Waals surface area contributed by atoms with Crippen LogP contribution in [0.3, 0.4) is 0 Å². The highest BCUT2D eigenvalue weighted by Crippen LogP contribution is 2.25. The molecule has 4 heterocycles. The van der Waals surface area contributed by atoms with Crippen molar-refractivity contribution in [1.29, 1.82) is 0 Å². The third kappa shape index (κ3) is 4.18. The van der Waals surface area contributed by atoms with Crippen LogP contribution in [0.1, 0.15) is 31.4 Å². The number of pyridine rings is 1. The second kappa shape index (κ2) is 8.17. The van der Waals surface area contributed by atoms with Crippen LogP contribution in [0.25, 0.3) is 10.6 Å². The minimum atomic E-state index is 0.0867. The monoisotopic (exact) mass is 384 g/mol. The van der Waals surface area contributed by atoms with E-state index in [0.29, 0.717) is 25.4 Å². The summed E-state index contributed by atoms with van der Waals surface area (Å²) in [5.41, 5.74) is 1.78. The Labute approximate surface area is 163 Å². The molecule has 6 nitrogen and oxygen atoms in total. The predicted molar refractivity (Wildman–Crippen MR) is 104 cm³/mol. The van der Waals surface area contributed by atoms with Gasteiger partial charge in [-0.15, -0.1) is 11.3 Å². The minimum absolute atomic E-state index is 0.0867. The van der Waals surface area contributed by atoms with Crippen molar-refractivity contribution >= 4 is 23.2 Å². The van der Waals surface area contributed by atoms with Crippen molar-refractivity contribution < 1.29 is 9.59 Å². The summed E-state index contributed by atoms with van der Waals surface area (Å²) in [7, 11) is 0. The molecule has 0 saturated carbocycles. The van der Waals surface area contributed by atoms with Gasteiger partial charge in [0.05, 0.1) is 12.1 Å². The van der Waals surface area contributed by atoms with Crippen molar-refractivity contribution in [2.24, 2.45) is 5.92 Å². The van der Waals surface area contributed by atoms with Gasteiger partial charge in [0.1, 0.15) is 5.01 Å². The second-order valence-corrected chi connectivity index (χ2v) is 8.11. The van der Waals surface area contributed by atoms with E-state index in [1.54, 1.807) is 12.4 Å². The van der Waals surface area contributed by atoms with Crippen molar-refractivity contribution in [3.8, 4) is 10.6 Å². The van der Waals surface area contributed by atoms with Gasteiger partial charge in [-0.25, -0.2) is 4.98 Å². The lowest BCUT2D eigenvalue weighted by molar-refractivity contribution is -0.139. The molecule has 4 rings (SSSR count). The molecule has 142 valence electrons. The van der Waals surface area contributed by atoms with E-state index in [0.717, 1.165) is 55.0 Å². The van der Waals surface area contributed by atoms with Crippen molar-refractivity contribution in [2.45, 2.75) is 32.1 Å². The van der Waals surface area contributed by atoms with Gasteiger partial charge in [0.15, 0.2) is 0 Å². The van der Waals surface area contributed by atoms with Gasteiger partial charge in [-0.2, -0.15) is 0 Å². The molecule has 0 N–H and O–H groups in total. The topological polar surface area (TPSA) is 66.4 Å². The summed E-state index contributed by atoms with van der Waals surface area (Å²) in [6, 6.07) is 3.86. The number of likely N-dealkylation sites (tertiary alicyclic amines) is 2. The zero-order valence-corrected chi connectivity index (χ0v) is 16.2. The molecule has 0 radical (unpaired) electrons. The molecule has 2 fully saturated rings. The fraction of sp³-hybridized carbons (Fsp3) is 0.500. The third-order valence-electron chi connectivity index (χ3n) is 5.41. The summed E-state index contributed by atoms with van der Waals surface area (Å²) in [4.78, 5) is 37.7. The Hall–Kier alpha value is -2.28. The third-order valence-corrected chi connectivity index (χ3v) is 6.35. The van der Waals surface area contributed by atoms with Crippen LogP contribution in [0.15, 0.2) is 29.9 Å². The maximum absolute atomic E-state index is 12.6. The van der Waals surface area contributed by atoms with E-state index in [4.69, 9.17) is 0 Å². The van der Waals surface area contributed by atoms with Gasteiger partial charge in [-0.3, -0.25) is 14.6 Å². The lowest BCUT2D eigenvalue weighted by Gasteiger charge is -2.33. The minimum Gasteiger partial charge on any atom is -0.342 e. The van der Waals surface area contributed by atoms with E-state index in [2.05, 4.69) is 9.97 Å². The van der Waals surface area contributed by atoms with E-state index < -0.39 is 0 Å².